The van der Waals surface area contributed by atoms with Crippen LogP contribution in [0.3, 0.4) is 0 Å². The Kier molecular flexibility index (Phi) is 3.56. The van der Waals surface area contributed by atoms with Crippen molar-refractivity contribution in [2.24, 2.45) is 0 Å². The third kappa shape index (κ3) is 2.38. The molecule has 108 valence electrons. The molecule has 22 heavy (non-hydrogen) atoms. The van der Waals surface area contributed by atoms with Gasteiger partial charge in [0.2, 0.25) is 0 Å². The second-order valence-electron chi connectivity index (χ2n) is 5.14. The van der Waals surface area contributed by atoms with E-state index >= 15 is 0 Å². The average molecular weight is 369 g/mol. The molecule has 0 aliphatic carbocycles. The molecular weight excluding hydrogens is 356 g/mol. The number of halogens is 1. The Morgan fingerprint density at radius 2 is 2.05 bits per heavy atom. The van der Waals surface area contributed by atoms with E-state index in [1.807, 2.05) is 12.3 Å². The van der Waals surface area contributed by atoms with Gasteiger partial charge in [-0.15, -0.1) is 11.3 Å². The summed E-state index contributed by atoms with van der Waals surface area (Å²) < 4.78 is 4.76. The molecule has 0 radical (unpaired) electrons. The molecule has 0 N–H and O–H groups in total. The van der Waals surface area contributed by atoms with Crippen LogP contribution in [0.25, 0.3) is 21.3 Å². The molecule has 0 unspecified atom stereocenters. The maximum absolute atomic E-state index is 4.22. The zero-order valence-corrected chi connectivity index (χ0v) is 14.1. The van der Waals surface area contributed by atoms with Crippen LogP contribution in [0, 0.1) is 0 Å². The molecular formula is C18H13BrN2S. The van der Waals surface area contributed by atoms with Gasteiger partial charge in [-0.05, 0) is 47.3 Å². The molecule has 3 heterocycles. The van der Waals surface area contributed by atoms with Crippen molar-refractivity contribution in [3.8, 4) is 11.3 Å². The van der Waals surface area contributed by atoms with E-state index in [9.17, 15) is 0 Å². The van der Waals surface area contributed by atoms with E-state index in [2.05, 4.69) is 73.5 Å². The topological polar surface area (TPSA) is 17.8 Å². The lowest BCUT2D eigenvalue weighted by Crippen LogP contribution is -1.99. The largest absolute Gasteiger partial charge is 0.343 e. The van der Waals surface area contributed by atoms with E-state index in [-0.39, 0.29) is 0 Å². The van der Waals surface area contributed by atoms with Crippen LogP contribution in [0.2, 0.25) is 0 Å². The molecule has 4 heteroatoms. The van der Waals surface area contributed by atoms with E-state index in [0.29, 0.717) is 0 Å². The number of hydrogen-bond acceptors (Lipinski definition) is 2. The van der Waals surface area contributed by atoms with Gasteiger partial charge in [-0.2, -0.15) is 0 Å². The molecule has 0 aliphatic rings. The first-order valence-corrected chi connectivity index (χ1v) is 8.70. The third-order valence-corrected chi connectivity index (χ3v) is 5.41. The highest BCUT2D eigenvalue weighted by molar-refractivity contribution is 9.10. The Labute approximate surface area is 141 Å². The van der Waals surface area contributed by atoms with Crippen molar-refractivity contribution < 1.29 is 0 Å². The lowest BCUT2D eigenvalue weighted by atomic mass is 10.1. The fourth-order valence-corrected chi connectivity index (χ4v) is 4.47. The lowest BCUT2D eigenvalue weighted by Gasteiger charge is -2.09. The zero-order valence-electron chi connectivity index (χ0n) is 11.7. The second-order valence-corrected chi connectivity index (χ2v) is 6.90. The first-order chi connectivity index (χ1) is 10.8. The van der Waals surface area contributed by atoms with Crippen molar-refractivity contribution in [1.82, 2.24) is 9.55 Å². The fourth-order valence-electron chi connectivity index (χ4n) is 2.74. The summed E-state index contributed by atoms with van der Waals surface area (Å²) in [4.78, 5) is 4.22. The van der Waals surface area contributed by atoms with Crippen LogP contribution in [0.15, 0.2) is 70.9 Å². The maximum Gasteiger partial charge on any atom is 0.0499 e. The average Bonchev–Trinajstić information content (AvgIpc) is 3.17. The van der Waals surface area contributed by atoms with E-state index in [1.54, 1.807) is 17.5 Å². The first-order valence-electron chi connectivity index (χ1n) is 7.03. The Hall–Kier alpha value is -1.91. The van der Waals surface area contributed by atoms with Gasteiger partial charge in [0.15, 0.2) is 0 Å². The summed E-state index contributed by atoms with van der Waals surface area (Å²) in [5.41, 5.74) is 3.68. The minimum absolute atomic E-state index is 0.861. The minimum atomic E-state index is 0.861. The molecule has 0 fully saturated rings. The van der Waals surface area contributed by atoms with Crippen molar-refractivity contribution in [2.75, 3.05) is 0 Å². The number of thiophene rings is 1. The van der Waals surface area contributed by atoms with Crippen LogP contribution in [0.5, 0.6) is 0 Å². The number of fused-ring (bicyclic) bond motifs is 1. The highest BCUT2D eigenvalue weighted by atomic mass is 79.9. The van der Waals surface area contributed by atoms with Crippen LogP contribution in [0.4, 0.5) is 0 Å². The molecule has 0 aliphatic heterocycles. The summed E-state index contributed by atoms with van der Waals surface area (Å²) in [7, 11) is 0. The first kappa shape index (κ1) is 13.7. The zero-order chi connectivity index (χ0) is 14.9. The van der Waals surface area contributed by atoms with E-state index in [4.69, 9.17) is 0 Å². The molecule has 0 amide bonds. The normalized spacial score (nSPS) is 11.1. The van der Waals surface area contributed by atoms with Gasteiger partial charge in [0.05, 0.1) is 0 Å². The molecule has 2 nitrogen and oxygen atoms in total. The Morgan fingerprint density at radius 3 is 2.91 bits per heavy atom. The van der Waals surface area contributed by atoms with Gasteiger partial charge in [0.25, 0.3) is 0 Å². The summed E-state index contributed by atoms with van der Waals surface area (Å²) in [6, 6.07) is 14.7. The van der Waals surface area contributed by atoms with Crippen molar-refractivity contribution in [2.45, 2.75) is 6.54 Å². The SMILES string of the molecule is Brc1cccc2scc(Cn3cccc3-c3cccnc3)c12. The predicted octanol–water partition coefficient (Wildman–Crippen LogP) is 5.58. The molecule has 1 aromatic carbocycles. The fraction of sp³-hybridized carbons (Fsp3) is 0.0556. The number of pyridine rings is 1. The van der Waals surface area contributed by atoms with Crippen molar-refractivity contribution in [1.29, 1.82) is 0 Å². The monoisotopic (exact) mass is 368 g/mol. The van der Waals surface area contributed by atoms with Gasteiger partial charge in [-0.3, -0.25) is 4.98 Å². The Morgan fingerprint density at radius 1 is 1.09 bits per heavy atom. The second kappa shape index (κ2) is 5.71. The van der Waals surface area contributed by atoms with E-state index < -0.39 is 0 Å². The number of benzene rings is 1. The van der Waals surface area contributed by atoms with Gasteiger partial charge in [0.1, 0.15) is 0 Å². The standard InChI is InChI=1S/C18H13BrN2S/c19-15-5-1-7-17-18(15)14(12-22-17)11-21-9-3-6-16(21)13-4-2-8-20-10-13/h1-10,12H,11H2. The predicted molar refractivity (Wildman–Crippen MR) is 96.3 cm³/mol. The van der Waals surface area contributed by atoms with Crippen LogP contribution >= 0.6 is 27.3 Å². The van der Waals surface area contributed by atoms with E-state index in [1.165, 1.54) is 21.3 Å². The van der Waals surface area contributed by atoms with Gasteiger partial charge in [-0.1, -0.05) is 22.0 Å². The quantitative estimate of drug-likeness (QED) is 0.461. The Balaban J connectivity index is 1.77. The minimum Gasteiger partial charge on any atom is -0.343 e. The summed E-state index contributed by atoms with van der Waals surface area (Å²) >= 11 is 5.48. The van der Waals surface area contributed by atoms with Crippen molar-refractivity contribution in [3.63, 3.8) is 0 Å². The molecule has 0 spiro atoms. The van der Waals surface area contributed by atoms with Gasteiger partial charge < -0.3 is 4.57 Å². The molecule has 0 bridgehead atoms. The molecule has 4 rings (SSSR count). The summed E-state index contributed by atoms with van der Waals surface area (Å²) in [6.45, 7) is 0.861. The number of hydrogen-bond donors (Lipinski definition) is 0. The molecule has 0 atom stereocenters. The van der Waals surface area contributed by atoms with Crippen LogP contribution in [0.1, 0.15) is 5.56 Å². The van der Waals surface area contributed by atoms with Crippen molar-refractivity contribution >= 4 is 37.4 Å². The highest BCUT2D eigenvalue weighted by Crippen LogP contribution is 2.33. The molecule has 3 aromatic heterocycles. The highest BCUT2D eigenvalue weighted by Gasteiger charge is 2.10. The number of nitrogens with zero attached hydrogens (tertiary/aromatic N) is 2. The summed E-state index contributed by atoms with van der Waals surface area (Å²) in [5, 5.41) is 3.57. The Bertz CT molecular complexity index is 925. The molecule has 4 aromatic rings. The smallest absolute Gasteiger partial charge is 0.0499 e. The van der Waals surface area contributed by atoms with Crippen LogP contribution < -0.4 is 0 Å². The van der Waals surface area contributed by atoms with Crippen LogP contribution in [-0.4, -0.2) is 9.55 Å². The number of aromatic nitrogens is 2. The van der Waals surface area contributed by atoms with Crippen molar-refractivity contribution in [3.05, 3.63) is 76.5 Å². The summed E-state index contributed by atoms with van der Waals surface area (Å²) in [6.07, 6.45) is 5.84. The van der Waals surface area contributed by atoms with Gasteiger partial charge in [-0.25, -0.2) is 0 Å². The summed E-state index contributed by atoms with van der Waals surface area (Å²) in [5.74, 6) is 0. The maximum atomic E-state index is 4.22. The molecule has 0 saturated heterocycles. The third-order valence-electron chi connectivity index (χ3n) is 3.75. The van der Waals surface area contributed by atoms with Gasteiger partial charge in [0, 0.05) is 51.0 Å². The van der Waals surface area contributed by atoms with Gasteiger partial charge >= 0.3 is 0 Å². The van der Waals surface area contributed by atoms with Crippen LogP contribution in [-0.2, 0) is 6.54 Å². The van der Waals surface area contributed by atoms with E-state index in [0.717, 1.165) is 16.6 Å². The number of rotatable bonds is 3. The molecule has 0 saturated carbocycles. The lowest BCUT2D eigenvalue weighted by molar-refractivity contribution is 0.821.